The number of unbranched alkanes of at least 4 members (excludes halogenated alkanes) is 48. The molecule has 0 aliphatic rings. The van der Waals surface area contributed by atoms with Crippen LogP contribution in [-0.2, 0) is 65.4 Å². The lowest BCUT2D eigenvalue weighted by atomic mass is 10.0. The zero-order valence-electron chi connectivity index (χ0n) is 64.1. The number of phosphoric acid groups is 2. The zero-order chi connectivity index (χ0) is 72.1. The summed E-state index contributed by atoms with van der Waals surface area (Å²) in [6, 6.07) is 0. The Morgan fingerprint density at radius 3 is 0.694 bits per heavy atom. The van der Waals surface area contributed by atoms with Gasteiger partial charge >= 0.3 is 39.5 Å². The monoisotopic (exact) mass is 1440 g/mol. The normalized spacial score (nSPS) is 13.9. The second kappa shape index (κ2) is 70.7. The van der Waals surface area contributed by atoms with Gasteiger partial charge in [0.05, 0.1) is 26.4 Å². The van der Waals surface area contributed by atoms with Crippen LogP contribution in [0.3, 0.4) is 0 Å². The molecule has 19 heteroatoms. The molecule has 17 nitrogen and oxygen atoms in total. The minimum atomic E-state index is -4.96. The van der Waals surface area contributed by atoms with E-state index < -0.39 is 97.5 Å². The molecule has 5 atom stereocenters. The van der Waals surface area contributed by atoms with E-state index in [1.165, 1.54) is 225 Å². The van der Waals surface area contributed by atoms with Crippen LogP contribution in [0.25, 0.3) is 0 Å². The third-order valence-electron chi connectivity index (χ3n) is 18.5. The Morgan fingerprint density at radius 1 is 0.276 bits per heavy atom. The van der Waals surface area contributed by atoms with Crippen molar-refractivity contribution >= 4 is 39.5 Å². The highest BCUT2D eigenvalue weighted by Crippen LogP contribution is 2.45. The number of esters is 4. The van der Waals surface area contributed by atoms with E-state index in [0.717, 1.165) is 108 Å². The molecule has 0 aliphatic carbocycles. The van der Waals surface area contributed by atoms with Gasteiger partial charge in [-0.15, -0.1) is 0 Å². The first kappa shape index (κ1) is 96.1. The van der Waals surface area contributed by atoms with Gasteiger partial charge in [-0.3, -0.25) is 37.3 Å². The first-order chi connectivity index (χ1) is 47.4. The number of carbonyl (C=O) groups is 4. The second-order valence-corrected chi connectivity index (χ2v) is 32.3. The maximum Gasteiger partial charge on any atom is 0.472 e. The molecule has 98 heavy (non-hydrogen) atoms. The van der Waals surface area contributed by atoms with Crippen molar-refractivity contribution in [3.63, 3.8) is 0 Å². The summed E-state index contributed by atoms with van der Waals surface area (Å²) in [4.78, 5) is 72.6. The highest BCUT2D eigenvalue weighted by molar-refractivity contribution is 7.47. The fourth-order valence-electron chi connectivity index (χ4n) is 12.2. The fourth-order valence-corrected chi connectivity index (χ4v) is 13.8. The van der Waals surface area contributed by atoms with E-state index in [9.17, 15) is 43.2 Å². The number of hydrogen-bond donors (Lipinski definition) is 3. The van der Waals surface area contributed by atoms with Gasteiger partial charge in [0.15, 0.2) is 12.2 Å². The van der Waals surface area contributed by atoms with E-state index in [2.05, 4.69) is 41.5 Å². The first-order valence-electron chi connectivity index (χ1n) is 41.0. The lowest BCUT2D eigenvalue weighted by Gasteiger charge is -2.21. The molecule has 0 bridgehead atoms. The lowest BCUT2D eigenvalue weighted by molar-refractivity contribution is -0.161. The Hall–Kier alpha value is -1.94. The summed E-state index contributed by atoms with van der Waals surface area (Å²) < 4.78 is 68.4. The molecule has 0 aromatic carbocycles. The number of ether oxygens (including phenoxy) is 4. The van der Waals surface area contributed by atoms with Gasteiger partial charge in [0.25, 0.3) is 0 Å². The molecule has 0 saturated heterocycles. The summed E-state index contributed by atoms with van der Waals surface area (Å²) in [5.74, 6) is -0.576. The molecule has 0 fully saturated rings. The molecular formula is C79H154O17P2. The van der Waals surface area contributed by atoms with Crippen LogP contribution in [0.4, 0.5) is 0 Å². The van der Waals surface area contributed by atoms with Crippen LogP contribution >= 0.6 is 15.6 Å². The molecule has 0 saturated carbocycles. The molecule has 0 spiro atoms. The van der Waals surface area contributed by atoms with Crippen molar-refractivity contribution in [2.45, 2.75) is 432 Å². The SMILES string of the molecule is CCCCCCCCCCCCCCCCCCCCCCCCC(=O)O[C@H](COC(=O)CCCCCCCCCCCCCCCCCCC(C)C)COP(=O)(O)OC[C@@H](O)COP(=O)(O)OC[C@@H](COC(=O)CCCCCCC)OC(=O)CCCCCCCCCCCC(C)C. The Morgan fingerprint density at radius 2 is 0.469 bits per heavy atom. The van der Waals surface area contributed by atoms with Crippen LogP contribution in [0, 0.1) is 11.8 Å². The van der Waals surface area contributed by atoms with Crippen LogP contribution in [0.1, 0.15) is 414 Å². The standard InChI is InChI=1S/C79H154O17P2/c1-7-9-11-13-14-15-16-17-18-19-20-21-22-23-24-29-32-35-40-45-51-57-63-78(83)96-75(68-90-77(82)62-56-50-44-39-34-31-28-26-25-27-30-33-37-42-48-53-59-71(3)4)70-94-98(87,88)92-66-73(80)65-91-97(85,86)93-69-74(67-89-76(81)61-55-47-12-10-8-2)95-79(84)64-58-52-46-41-36-38-43-49-54-60-72(5)6/h71-75,80H,7-70H2,1-6H3,(H,85,86)(H,87,88)/t73-,74+,75+/m0/s1. The molecular weight excluding hydrogens is 1280 g/mol. The molecule has 0 radical (unpaired) electrons. The third kappa shape index (κ3) is 72.4. The van der Waals surface area contributed by atoms with Gasteiger partial charge in [0.1, 0.15) is 19.3 Å². The van der Waals surface area contributed by atoms with Gasteiger partial charge in [0, 0.05) is 25.7 Å². The molecule has 0 aliphatic heterocycles. The number of rotatable bonds is 78. The minimum absolute atomic E-state index is 0.105. The summed E-state index contributed by atoms with van der Waals surface area (Å²) >= 11 is 0. The van der Waals surface area contributed by atoms with Crippen LogP contribution in [0.2, 0.25) is 0 Å². The third-order valence-corrected chi connectivity index (χ3v) is 20.4. The smallest absolute Gasteiger partial charge is 0.462 e. The van der Waals surface area contributed by atoms with E-state index in [0.29, 0.717) is 25.7 Å². The average molecular weight is 1440 g/mol. The van der Waals surface area contributed by atoms with Crippen LogP contribution in [0.5, 0.6) is 0 Å². The summed E-state index contributed by atoms with van der Waals surface area (Å²) in [6.07, 6.45) is 60.4. The van der Waals surface area contributed by atoms with E-state index >= 15 is 0 Å². The fraction of sp³-hybridized carbons (Fsp3) is 0.949. The lowest BCUT2D eigenvalue weighted by Crippen LogP contribution is -2.30. The second-order valence-electron chi connectivity index (χ2n) is 29.4. The topological polar surface area (TPSA) is 237 Å². The minimum Gasteiger partial charge on any atom is -0.462 e. The maximum atomic E-state index is 13.1. The predicted molar refractivity (Wildman–Crippen MR) is 400 cm³/mol. The number of carbonyl (C=O) groups excluding carboxylic acids is 4. The van der Waals surface area contributed by atoms with E-state index in [1.54, 1.807) is 0 Å². The van der Waals surface area contributed by atoms with Crippen molar-refractivity contribution in [3.8, 4) is 0 Å². The Balaban J connectivity index is 5.11. The van der Waals surface area contributed by atoms with Crippen molar-refractivity contribution in [2.24, 2.45) is 11.8 Å². The highest BCUT2D eigenvalue weighted by atomic mass is 31.2. The molecule has 3 N–H and O–H groups in total. The molecule has 0 rings (SSSR count). The van der Waals surface area contributed by atoms with E-state index in [-0.39, 0.29) is 25.7 Å². The molecule has 582 valence electrons. The van der Waals surface area contributed by atoms with Crippen molar-refractivity contribution in [2.75, 3.05) is 39.6 Å². The number of phosphoric ester groups is 2. The predicted octanol–water partition coefficient (Wildman–Crippen LogP) is 23.5. The van der Waals surface area contributed by atoms with Gasteiger partial charge in [-0.1, -0.05) is 363 Å². The maximum absolute atomic E-state index is 13.1. The van der Waals surface area contributed by atoms with Gasteiger partial charge in [-0.05, 0) is 37.5 Å². The Kier molecular flexibility index (Phi) is 69.3. The van der Waals surface area contributed by atoms with E-state index in [4.69, 9.17) is 37.0 Å². The number of aliphatic hydroxyl groups is 1. The highest BCUT2D eigenvalue weighted by Gasteiger charge is 2.30. The van der Waals surface area contributed by atoms with Crippen molar-refractivity contribution in [1.82, 2.24) is 0 Å². The van der Waals surface area contributed by atoms with Crippen LogP contribution in [0.15, 0.2) is 0 Å². The Bertz CT molecular complexity index is 1890. The molecule has 0 amide bonds. The number of aliphatic hydroxyl groups excluding tert-OH is 1. The molecule has 2 unspecified atom stereocenters. The van der Waals surface area contributed by atoms with Gasteiger partial charge in [0.2, 0.25) is 0 Å². The van der Waals surface area contributed by atoms with Crippen molar-refractivity contribution < 1.29 is 80.2 Å². The van der Waals surface area contributed by atoms with Crippen LogP contribution < -0.4 is 0 Å². The summed E-state index contributed by atoms with van der Waals surface area (Å²) in [7, 11) is -9.90. The average Bonchev–Trinajstić information content (AvgIpc) is 0.976. The van der Waals surface area contributed by atoms with Gasteiger partial charge in [-0.25, -0.2) is 9.13 Å². The van der Waals surface area contributed by atoms with Gasteiger partial charge < -0.3 is 33.8 Å². The summed E-state index contributed by atoms with van der Waals surface area (Å²) in [5.41, 5.74) is 0. The first-order valence-corrected chi connectivity index (χ1v) is 44.0. The molecule has 0 heterocycles. The Labute approximate surface area is 600 Å². The summed E-state index contributed by atoms with van der Waals surface area (Å²) in [5, 5.41) is 10.6. The van der Waals surface area contributed by atoms with E-state index in [1.807, 2.05) is 0 Å². The summed E-state index contributed by atoms with van der Waals surface area (Å²) in [6.45, 7) is 9.52. The van der Waals surface area contributed by atoms with Crippen molar-refractivity contribution in [3.05, 3.63) is 0 Å². The zero-order valence-corrected chi connectivity index (χ0v) is 65.9. The quantitative estimate of drug-likeness (QED) is 0.0222. The van der Waals surface area contributed by atoms with Gasteiger partial charge in [-0.2, -0.15) is 0 Å². The van der Waals surface area contributed by atoms with Crippen molar-refractivity contribution in [1.29, 1.82) is 0 Å². The van der Waals surface area contributed by atoms with Crippen LogP contribution in [-0.4, -0.2) is 96.7 Å². The molecule has 0 aromatic heterocycles. The largest absolute Gasteiger partial charge is 0.472 e. The number of hydrogen-bond acceptors (Lipinski definition) is 15. The molecule has 0 aromatic rings.